The Morgan fingerprint density at radius 3 is 1.81 bits per heavy atom. The van der Waals surface area contributed by atoms with Gasteiger partial charge in [-0.3, -0.25) is 0 Å². The minimum absolute atomic E-state index is 0.437. The number of likely N-dealkylation sites (tertiary alicyclic amines) is 1. The molecule has 0 radical (unpaired) electrons. The molecule has 1 aliphatic heterocycles. The van der Waals surface area contributed by atoms with Crippen molar-refractivity contribution >= 4 is 21.5 Å². The van der Waals surface area contributed by atoms with E-state index in [-0.39, 0.29) is 0 Å². The van der Waals surface area contributed by atoms with E-state index in [0.717, 1.165) is 4.48 Å². The molecule has 1 aliphatic rings. The Morgan fingerprint density at radius 1 is 1.00 bits per heavy atom. The lowest BCUT2D eigenvalue weighted by Gasteiger charge is -2.54. The van der Waals surface area contributed by atoms with Gasteiger partial charge in [-0.15, -0.1) is 0 Å². The third-order valence-electron chi connectivity index (χ3n) is 5.87. The van der Waals surface area contributed by atoms with E-state index in [9.17, 15) is 13.2 Å². The standard InChI is InChI=1S/C22H24NS.CHF3O3S/c1-2-23(15-21(16-23)20-13-14-24-17-20)22(18-9-5-3-6-10-18)19-11-7-4-8-12-19;2-1(3,4)8(5,6)7/h3-14,17,21-22H,2,15-16H2,1H3;(H,5,6,7)/q+1;/p-1. The molecule has 0 unspecified atom stereocenters. The molecule has 4 nitrogen and oxygen atoms in total. The Morgan fingerprint density at radius 2 is 1.47 bits per heavy atom. The summed E-state index contributed by atoms with van der Waals surface area (Å²) in [6, 6.07) is 24.9. The van der Waals surface area contributed by atoms with E-state index in [0.29, 0.717) is 12.0 Å². The van der Waals surface area contributed by atoms with Gasteiger partial charge in [-0.2, -0.15) is 24.5 Å². The number of halogens is 3. The molecule has 1 fully saturated rings. The minimum Gasteiger partial charge on any atom is -0.741 e. The number of likely N-dealkylation sites (N-methyl/N-ethyl adjacent to an activating group) is 1. The van der Waals surface area contributed by atoms with Gasteiger partial charge in [-0.25, -0.2) is 8.42 Å². The van der Waals surface area contributed by atoms with Crippen LogP contribution in [0.5, 0.6) is 0 Å². The van der Waals surface area contributed by atoms with E-state index in [1.54, 1.807) is 0 Å². The van der Waals surface area contributed by atoms with Crippen LogP contribution < -0.4 is 0 Å². The van der Waals surface area contributed by atoms with E-state index >= 15 is 0 Å². The molecule has 0 spiro atoms. The molecule has 0 aliphatic carbocycles. The second kappa shape index (κ2) is 9.74. The molecular weight excluding hydrogens is 459 g/mol. The molecule has 0 amide bonds. The first kappa shape index (κ1) is 24.4. The summed E-state index contributed by atoms with van der Waals surface area (Å²) in [6.07, 6.45) is 0. The van der Waals surface area contributed by atoms with Crippen LogP contribution in [-0.4, -0.2) is 42.6 Å². The number of quaternary nitrogens is 1. The van der Waals surface area contributed by atoms with Gasteiger partial charge < -0.3 is 9.04 Å². The van der Waals surface area contributed by atoms with Gasteiger partial charge in [0.2, 0.25) is 0 Å². The van der Waals surface area contributed by atoms with E-state index < -0.39 is 15.6 Å². The first-order valence-electron chi connectivity index (χ1n) is 10.1. The molecule has 0 saturated carbocycles. The summed E-state index contributed by atoms with van der Waals surface area (Å²) in [5.41, 5.74) is -1.24. The summed E-state index contributed by atoms with van der Waals surface area (Å²) in [5.74, 6) is 0.714. The lowest BCUT2D eigenvalue weighted by atomic mass is 9.83. The summed E-state index contributed by atoms with van der Waals surface area (Å²) in [6.45, 7) is 6.00. The van der Waals surface area contributed by atoms with Gasteiger partial charge in [0, 0.05) is 11.1 Å². The van der Waals surface area contributed by atoms with Gasteiger partial charge in [0.05, 0.1) is 25.6 Å². The topological polar surface area (TPSA) is 57.2 Å². The number of alkyl halides is 3. The number of hydrogen-bond donors (Lipinski definition) is 0. The highest BCUT2D eigenvalue weighted by Crippen LogP contribution is 2.45. The maximum atomic E-state index is 10.7. The fourth-order valence-electron chi connectivity index (χ4n) is 4.29. The van der Waals surface area contributed by atoms with Crippen molar-refractivity contribution in [1.29, 1.82) is 0 Å². The van der Waals surface area contributed by atoms with Gasteiger partial charge in [-0.05, 0) is 29.3 Å². The van der Waals surface area contributed by atoms with E-state index in [1.165, 1.54) is 36.3 Å². The molecule has 0 N–H and O–H groups in total. The summed E-state index contributed by atoms with van der Waals surface area (Å²) in [7, 11) is -6.09. The molecule has 0 bridgehead atoms. The molecule has 0 atom stereocenters. The highest BCUT2D eigenvalue weighted by molar-refractivity contribution is 7.86. The van der Waals surface area contributed by atoms with Crippen LogP contribution in [0, 0.1) is 0 Å². The number of rotatable bonds is 5. The quantitative estimate of drug-likeness (QED) is 0.273. The van der Waals surface area contributed by atoms with E-state index in [2.05, 4.69) is 84.4 Å². The Kier molecular flexibility index (Phi) is 7.44. The lowest BCUT2D eigenvalue weighted by molar-refractivity contribution is -0.988. The summed E-state index contributed by atoms with van der Waals surface area (Å²) in [4.78, 5) is 0. The van der Waals surface area contributed by atoms with Gasteiger partial charge in [0.15, 0.2) is 10.1 Å². The largest absolute Gasteiger partial charge is 0.741 e. The fraction of sp³-hybridized carbons (Fsp3) is 0.304. The predicted molar refractivity (Wildman–Crippen MR) is 118 cm³/mol. The van der Waals surface area contributed by atoms with Crippen LogP contribution in [0.2, 0.25) is 0 Å². The maximum absolute atomic E-state index is 10.7. The van der Waals surface area contributed by atoms with Crippen molar-refractivity contribution in [3.63, 3.8) is 0 Å². The van der Waals surface area contributed by atoms with Crippen molar-refractivity contribution in [3.05, 3.63) is 94.2 Å². The molecule has 9 heteroatoms. The average Bonchev–Trinajstić information content (AvgIpc) is 3.25. The summed E-state index contributed by atoms with van der Waals surface area (Å²) in [5, 5.41) is 4.54. The van der Waals surface area contributed by atoms with Gasteiger partial charge in [-0.1, -0.05) is 60.7 Å². The molecule has 1 aromatic heterocycles. The second-order valence-electron chi connectivity index (χ2n) is 7.78. The van der Waals surface area contributed by atoms with Crippen LogP contribution in [-0.2, 0) is 10.1 Å². The summed E-state index contributed by atoms with van der Waals surface area (Å²) < 4.78 is 60.1. The smallest absolute Gasteiger partial charge is 0.485 e. The fourth-order valence-corrected chi connectivity index (χ4v) is 5.03. The predicted octanol–water partition coefficient (Wildman–Crippen LogP) is 5.52. The third kappa shape index (κ3) is 5.40. The Bertz CT molecular complexity index is 1040. The van der Waals surface area contributed by atoms with Crippen LogP contribution in [0.25, 0.3) is 0 Å². The van der Waals surface area contributed by atoms with Crippen molar-refractivity contribution < 1.29 is 30.6 Å². The first-order chi connectivity index (χ1) is 15.1. The summed E-state index contributed by atoms with van der Waals surface area (Å²) >= 11 is 1.82. The van der Waals surface area contributed by atoms with Crippen LogP contribution in [0.3, 0.4) is 0 Å². The highest BCUT2D eigenvalue weighted by Gasteiger charge is 2.49. The molecule has 1 saturated heterocycles. The average molecular weight is 484 g/mol. The van der Waals surface area contributed by atoms with Crippen molar-refractivity contribution in [1.82, 2.24) is 0 Å². The lowest BCUT2D eigenvalue weighted by Crippen LogP contribution is -2.63. The van der Waals surface area contributed by atoms with Gasteiger partial charge in [0.1, 0.15) is 6.04 Å². The number of thiophene rings is 1. The minimum atomic E-state index is -6.09. The highest BCUT2D eigenvalue weighted by atomic mass is 32.2. The number of hydrogen-bond acceptors (Lipinski definition) is 4. The van der Waals surface area contributed by atoms with E-state index in [4.69, 9.17) is 13.0 Å². The zero-order valence-electron chi connectivity index (χ0n) is 17.4. The molecule has 172 valence electrons. The third-order valence-corrected chi connectivity index (χ3v) is 7.14. The van der Waals surface area contributed by atoms with Crippen LogP contribution in [0.15, 0.2) is 77.5 Å². The SMILES string of the molecule is CC[N+]1(C(c2ccccc2)c2ccccc2)CC(c2ccsc2)C1.O=S(=O)([O-])C(F)(F)F. The molecule has 2 heterocycles. The Balaban J connectivity index is 0.000000312. The zero-order valence-corrected chi connectivity index (χ0v) is 19.0. The van der Waals surface area contributed by atoms with Crippen molar-refractivity contribution in [3.8, 4) is 0 Å². The van der Waals surface area contributed by atoms with Gasteiger partial charge in [0.25, 0.3) is 0 Å². The Labute approximate surface area is 190 Å². The monoisotopic (exact) mass is 483 g/mol. The van der Waals surface area contributed by atoms with Crippen molar-refractivity contribution in [2.45, 2.75) is 24.4 Å². The van der Waals surface area contributed by atoms with Crippen LogP contribution >= 0.6 is 11.3 Å². The number of benzene rings is 2. The van der Waals surface area contributed by atoms with Crippen LogP contribution in [0.1, 0.15) is 35.6 Å². The maximum Gasteiger partial charge on any atom is 0.485 e. The van der Waals surface area contributed by atoms with Crippen LogP contribution in [0.4, 0.5) is 13.2 Å². The molecule has 3 aromatic rings. The molecule has 2 aromatic carbocycles. The Hall–Kier alpha value is -2.20. The van der Waals surface area contributed by atoms with E-state index in [1.807, 2.05) is 11.3 Å². The van der Waals surface area contributed by atoms with Crippen molar-refractivity contribution in [2.24, 2.45) is 0 Å². The molecular formula is C23H24F3NO3S2. The van der Waals surface area contributed by atoms with Gasteiger partial charge >= 0.3 is 5.51 Å². The second-order valence-corrected chi connectivity index (χ2v) is 9.93. The normalized spacial score (nSPS) is 20.9. The van der Waals surface area contributed by atoms with Crippen molar-refractivity contribution in [2.75, 3.05) is 19.6 Å². The molecule has 4 rings (SSSR count). The first-order valence-corrected chi connectivity index (χ1v) is 12.4. The zero-order chi connectivity index (χ0) is 23.4. The number of nitrogens with zero attached hydrogens (tertiary/aromatic N) is 1. The molecule has 32 heavy (non-hydrogen) atoms.